The molecule has 1 fully saturated rings. The predicted octanol–water partition coefficient (Wildman–Crippen LogP) is 1.24. The average molecular weight is 230 g/mol. The largest absolute Gasteiger partial charge is 0.340 e. The molecule has 1 aliphatic rings. The van der Waals surface area contributed by atoms with E-state index >= 15 is 0 Å². The third-order valence-electron chi connectivity index (χ3n) is 3.16. The SMILES string of the molecule is Cc1nc(C2CNCC2c2ccccn2)no1. The van der Waals surface area contributed by atoms with E-state index in [4.69, 9.17) is 4.52 Å². The van der Waals surface area contributed by atoms with Crippen LogP contribution < -0.4 is 5.32 Å². The van der Waals surface area contributed by atoms with Gasteiger partial charge in [0.05, 0.1) is 0 Å². The summed E-state index contributed by atoms with van der Waals surface area (Å²) in [5.74, 6) is 1.98. The van der Waals surface area contributed by atoms with Crippen molar-refractivity contribution in [1.82, 2.24) is 20.4 Å². The fourth-order valence-electron chi connectivity index (χ4n) is 2.32. The second kappa shape index (κ2) is 4.25. The van der Waals surface area contributed by atoms with Crippen molar-refractivity contribution >= 4 is 0 Å². The summed E-state index contributed by atoms with van der Waals surface area (Å²) in [6.45, 7) is 3.60. The van der Waals surface area contributed by atoms with Crippen molar-refractivity contribution in [2.75, 3.05) is 13.1 Å². The molecular formula is C12H14N4O. The molecule has 17 heavy (non-hydrogen) atoms. The molecule has 2 atom stereocenters. The Morgan fingerprint density at radius 1 is 1.29 bits per heavy atom. The molecule has 3 rings (SSSR count). The normalized spacial score (nSPS) is 24.1. The van der Waals surface area contributed by atoms with Gasteiger partial charge in [0.2, 0.25) is 5.89 Å². The number of nitrogens with zero attached hydrogens (tertiary/aromatic N) is 3. The van der Waals surface area contributed by atoms with E-state index in [0.29, 0.717) is 11.8 Å². The Labute approximate surface area is 99.3 Å². The number of aryl methyl sites for hydroxylation is 1. The van der Waals surface area contributed by atoms with Crippen LogP contribution in [0.4, 0.5) is 0 Å². The average Bonchev–Trinajstić information content (AvgIpc) is 2.98. The molecule has 1 aliphatic heterocycles. The smallest absolute Gasteiger partial charge is 0.223 e. The second-order valence-corrected chi connectivity index (χ2v) is 4.30. The van der Waals surface area contributed by atoms with Crippen molar-refractivity contribution in [1.29, 1.82) is 0 Å². The van der Waals surface area contributed by atoms with Crippen molar-refractivity contribution in [2.24, 2.45) is 0 Å². The van der Waals surface area contributed by atoms with Crippen molar-refractivity contribution in [3.63, 3.8) is 0 Å². The second-order valence-electron chi connectivity index (χ2n) is 4.30. The van der Waals surface area contributed by atoms with E-state index in [9.17, 15) is 0 Å². The molecule has 0 spiro atoms. The zero-order valence-electron chi connectivity index (χ0n) is 9.63. The van der Waals surface area contributed by atoms with Gasteiger partial charge < -0.3 is 9.84 Å². The molecular weight excluding hydrogens is 216 g/mol. The van der Waals surface area contributed by atoms with Crippen molar-refractivity contribution in [3.8, 4) is 0 Å². The minimum Gasteiger partial charge on any atom is -0.340 e. The summed E-state index contributed by atoms with van der Waals surface area (Å²) in [6.07, 6.45) is 1.83. The van der Waals surface area contributed by atoms with Crippen LogP contribution in [0.3, 0.4) is 0 Å². The van der Waals surface area contributed by atoms with Gasteiger partial charge in [-0.25, -0.2) is 0 Å². The van der Waals surface area contributed by atoms with Crippen LogP contribution in [0, 0.1) is 6.92 Å². The van der Waals surface area contributed by atoms with Crippen molar-refractivity contribution < 1.29 is 4.52 Å². The van der Waals surface area contributed by atoms with E-state index in [1.807, 2.05) is 25.3 Å². The van der Waals surface area contributed by atoms with Crippen LogP contribution in [0.2, 0.25) is 0 Å². The lowest BCUT2D eigenvalue weighted by molar-refractivity contribution is 0.382. The van der Waals surface area contributed by atoms with Gasteiger partial charge in [0.25, 0.3) is 0 Å². The van der Waals surface area contributed by atoms with E-state index in [-0.39, 0.29) is 5.92 Å². The molecule has 1 N–H and O–H groups in total. The molecule has 2 aromatic heterocycles. The maximum atomic E-state index is 5.05. The zero-order valence-corrected chi connectivity index (χ0v) is 9.63. The molecule has 3 heterocycles. The lowest BCUT2D eigenvalue weighted by atomic mass is 9.92. The van der Waals surface area contributed by atoms with E-state index < -0.39 is 0 Å². The fraction of sp³-hybridized carbons (Fsp3) is 0.417. The number of hydrogen-bond donors (Lipinski definition) is 1. The summed E-state index contributed by atoms with van der Waals surface area (Å²) in [5, 5.41) is 7.39. The summed E-state index contributed by atoms with van der Waals surface area (Å²) in [7, 11) is 0. The van der Waals surface area contributed by atoms with E-state index in [2.05, 4.69) is 26.5 Å². The highest BCUT2D eigenvalue weighted by molar-refractivity contribution is 5.19. The highest BCUT2D eigenvalue weighted by Crippen LogP contribution is 2.33. The Morgan fingerprint density at radius 2 is 2.18 bits per heavy atom. The molecule has 0 aliphatic carbocycles. The van der Waals surface area contributed by atoms with Gasteiger partial charge in [-0.1, -0.05) is 11.2 Å². The summed E-state index contributed by atoms with van der Waals surface area (Å²) < 4.78 is 5.05. The Hall–Kier alpha value is -1.75. The number of aromatic nitrogens is 3. The Morgan fingerprint density at radius 3 is 2.88 bits per heavy atom. The number of nitrogens with one attached hydrogen (secondary N) is 1. The van der Waals surface area contributed by atoms with Crippen LogP contribution in [0.25, 0.3) is 0 Å². The first kappa shape index (κ1) is 10.4. The predicted molar refractivity (Wildman–Crippen MR) is 61.6 cm³/mol. The standard InChI is InChI=1S/C12H14N4O/c1-8-15-12(16-17-8)10-7-13-6-9(10)11-4-2-3-5-14-11/h2-5,9-10,13H,6-7H2,1H3. The Kier molecular flexibility index (Phi) is 2.60. The van der Waals surface area contributed by atoms with Crippen LogP contribution in [-0.2, 0) is 0 Å². The van der Waals surface area contributed by atoms with E-state index in [0.717, 1.165) is 24.6 Å². The highest BCUT2D eigenvalue weighted by Gasteiger charge is 2.33. The summed E-state index contributed by atoms with van der Waals surface area (Å²) in [6, 6.07) is 6.00. The van der Waals surface area contributed by atoms with Gasteiger partial charge in [-0.3, -0.25) is 4.98 Å². The summed E-state index contributed by atoms with van der Waals surface area (Å²) >= 11 is 0. The molecule has 1 saturated heterocycles. The van der Waals surface area contributed by atoms with Gasteiger partial charge in [-0.2, -0.15) is 4.98 Å². The van der Waals surface area contributed by atoms with Gasteiger partial charge in [0, 0.05) is 43.7 Å². The maximum absolute atomic E-state index is 5.05. The minimum atomic E-state index is 0.252. The fourth-order valence-corrected chi connectivity index (χ4v) is 2.32. The zero-order chi connectivity index (χ0) is 11.7. The monoisotopic (exact) mass is 230 g/mol. The van der Waals surface area contributed by atoms with Gasteiger partial charge in [-0.05, 0) is 12.1 Å². The van der Waals surface area contributed by atoms with Gasteiger partial charge in [0.15, 0.2) is 5.82 Å². The molecule has 5 nitrogen and oxygen atoms in total. The molecule has 0 radical (unpaired) electrons. The van der Waals surface area contributed by atoms with Crippen LogP contribution in [0.5, 0.6) is 0 Å². The highest BCUT2D eigenvalue weighted by atomic mass is 16.5. The topological polar surface area (TPSA) is 63.8 Å². The van der Waals surface area contributed by atoms with Gasteiger partial charge >= 0.3 is 0 Å². The first-order valence-corrected chi connectivity index (χ1v) is 5.76. The van der Waals surface area contributed by atoms with E-state index in [1.54, 1.807) is 0 Å². The Bertz CT molecular complexity index is 496. The van der Waals surface area contributed by atoms with Crippen LogP contribution >= 0.6 is 0 Å². The molecule has 5 heteroatoms. The van der Waals surface area contributed by atoms with Crippen LogP contribution in [-0.4, -0.2) is 28.2 Å². The third-order valence-corrected chi connectivity index (χ3v) is 3.16. The van der Waals surface area contributed by atoms with Crippen molar-refractivity contribution in [2.45, 2.75) is 18.8 Å². The molecule has 2 aromatic rings. The number of hydrogen-bond acceptors (Lipinski definition) is 5. The first-order chi connectivity index (χ1) is 8.34. The van der Waals surface area contributed by atoms with Crippen LogP contribution in [0.15, 0.2) is 28.9 Å². The molecule has 88 valence electrons. The molecule has 0 amide bonds. The molecule has 0 saturated carbocycles. The lowest BCUT2D eigenvalue weighted by Crippen LogP contribution is -2.11. The molecule has 2 unspecified atom stereocenters. The Balaban J connectivity index is 1.90. The van der Waals surface area contributed by atoms with Crippen LogP contribution in [0.1, 0.15) is 29.2 Å². The van der Waals surface area contributed by atoms with Gasteiger partial charge in [-0.15, -0.1) is 0 Å². The quantitative estimate of drug-likeness (QED) is 0.841. The third kappa shape index (κ3) is 1.93. The number of rotatable bonds is 2. The van der Waals surface area contributed by atoms with Crippen molar-refractivity contribution in [3.05, 3.63) is 41.8 Å². The van der Waals surface area contributed by atoms with Gasteiger partial charge in [0.1, 0.15) is 0 Å². The minimum absolute atomic E-state index is 0.252. The molecule has 0 bridgehead atoms. The first-order valence-electron chi connectivity index (χ1n) is 5.76. The number of pyridine rings is 1. The summed E-state index contributed by atoms with van der Waals surface area (Å²) in [4.78, 5) is 8.74. The van der Waals surface area contributed by atoms with E-state index in [1.165, 1.54) is 0 Å². The maximum Gasteiger partial charge on any atom is 0.223 e. The molecule has 0 aromatic carbocycles. The lowest BCUT2D eigenvalue weighted by Gasteiger charge is -2.14. The summed E-state index contributed by atoms with van der Waals surface area (Å²) in [5.41, 5.74) is 1.09.